The zero-order valence-corrected chi connectivity index (χ0v) is 13.4. The molecule has 4 heteroatoms. The molecule has 1 rings (SSSR count). The summed E-state index contributed by atoms with van der Waals surface area (Å²) in [4.78, 5) is 11.6. The number of nitrogens with one attached hydrogen (secondary N) is 1. The van der Waals surface area contributed by atoms with Crippen LogP contribution in [-0.2, 0) is 4.79 Å². The molecule has 1 amide bonds. The molecule has 0 aliphatic rings. The van der Waals surface area contributed by atoms with Crippen LogP contribution in [-0.4, -0.2) is 12.1 Å². The average molecular weight is 292 g/mol. The van der Waals surface area contributed by atoms with Gasteiger partial charge >= 0.3 is 0 Å². The zero-order valence-electron chi connectivity index (χ0n) is 13.4. The summed E-state index contributed by atoms with van der Waals surface area (Å²) in [7, 11) is 0. The molecule has 0 spiro atoms. The molecule has 1 N–H and O–H groups in total. The number of aryl methyl sites for hydroxylation is 1. The molecular formula is C17H28N2O2. The Labute approximate surface area is 128 Å². The molecule has 0 saturated heterocycles. The lowest BCUT2D eigenvalue weighted by atomic mass is 10.1. The van der Waals surface area contributed by atoms with Crippen LogP contribution in [0.25, 0.3) is 0 Å². The van der Waals surface area contributed by atoms with Gasteiger partial charge in [-0.15, -0.1) is 0 Å². The van der Waals surface area contributed by atoms with Crippen molar-refractivity contribution in [1.82, 2.24) is 5.43 Å². The van der Waals surface area contributed by atoms with Crippen molar-refractivity contribution in [3.8, 4) is 0 Å². The minimum atomic E-state index is -0.0273. The smallest absolute Gasteiger partial charge is 0.240 e. The number of furan rings is 1. The fourth-order valence-corrected chi connectivity index (χ4v) is 2.17. The van der Waals surface area contributed by atoms with Crippen molar-refractivity contribution >= 4 is 12.1 Å². The number of hydrogen-bond acceptors (Lipinski definition) is 3. The number of amides is 1. The van der Waals surface area contributed by atoms with Gasteiger partial charge in [0.15, 0.2) is 0 Å². The van der Waals surface area contributed by atoms with Crippen LogP contribution in [0.15, 0.2) is 21.7 Å². The Bertz CT molecular complexity index is 424. The van der Waals surface area contributed by atoms with E-state index in [1.807, 2.05) is 19.1 Å². The molecule has 0 aromatic carbocycles. The normalized spacial score (nSPS) is 11.1. The van der Waals surface area contributed by atoms with Crippen molar-refractivity contribution in [1.29, 1.82) is 0 Å². The summed E-state index contributed by atoms with van der Waals surface area (Å²) in [5, 5.41) is 3.89. The Hall–Kier alpha value is -1.58. The first-order valence-electron chi connectivity index (χ1n) is 8.10. The molecule has 0 saturated carbocycles. The first-order chi connectivity index (χ1) is 10.2. The third kappa shape index (κ3) is 9.05. The van der Waals surface area contributed by atoms with E-state index in [1.165, 1.54) is 44.7 Å². The molecule has 0 aliphatic heterocycles. The fourth-order valence-electron chi connectivity index (χ4n) is 2.17. The highest BCUT2D eigenvalue weighted by molar-refractivity contribution is 5.80. The van der Waals surface area contributed by atoms with Crippen molar-refractivity contribution in [2.75, 3.05) is 0 Å². The summed E-state index contributed by atoms with van der Waals surface area (Å²) in [5.74, 6) is 1.46. The van der Waals surface area contributed by atoms with Crippen molar-refractivity contribution in [3.63, 3.8) is 0 Å². The van der Waals surface area contributed by atoms with Crippen LogP contribution in [0.4, 0.5) is 0 Å². The van der Waals surface area contributed by atoms with E-state index < -0.39 is 0 Å². The molecule has 4 nitrogen and oxygen atoms in total. The van der Waals surface area contributed by atoms with Gasteiger partial charge in [0.1, 0.15) is 11.5 Å². The van der Waals surface area contributed by atoms with E-state index in [0.29, 0.717) is 12.2 Å². The van der Waals surface area contributed by atoms with E-state index in [-0.39, 0.29) is 5.91 Å². The minimum Gasteiger partial charge on any atom is -0.460 e. The van der Waals surface area contributed by atoms with Gasteiger partial charge in [0.25, 0.3) is 0 Å². The predicted octanol–water partition coefficient (Wildman–Crippen LogP) is 4.57. The summed E-state index contributed by atoms with van der Waals surface area (Å²) in [6, 6.07) is 3.69. The third-order valence-corrected chi connectivity index (χ3v) is 3.40. The highest BCUT2D eigenvalue weighted by atomic mass is 16.3. The number of carbonyl (C=O) groups is 1. The lowest BCUT2D eigenvalue weighted by Crippen LogP contribution is -2.16. The van der Waals surface area contributed by atoms with Gasteiger partial charge in [-0.1, -0.05) is 51.9 Å². The maximum atomic E-state index is 11.6. The third-order valence-electron chi connectivity index (χ3n) is 3.40. The molecule has 1 aromatic rings. The van der Waals surface area contributed by atoms with E-state index in [9.17, 15) is 4.79 Å². The second-order valence-electron chi connectivity index (χ2n) is 5.47. The standard InChI is InChI=1S/C17H28N2O2/c1-3-4-5-6-7-8-9-10-11-17(20)19-18-14-16-13-12-15(2)21-16/h12-14H,3-11H2,1-2H3,(H,19,20). The first kappa shape index (κ1) is 17.5. The fraction of sp³-hybridized carbons (Fsp3) is 0.647. The van der Waals surface area contributed by atoms with Crippen molar-refractivity contribution in [2.45, 2.75) is 71.6 Å². The van der Waals surface area contributed by atoms with Gasteiger partial charge in [-0.25, -0.2) is 5.43 Å². The second-order valence-corrected chi connectivity index (χ2v) is 5.47. The molecule has 1 heterocycles. The Kier molecular flexibility index (Phi) is 9.25. The van der Waals surface area contributed by atoms with Crippen molar-refractivity contribution in [2.24, 2.45) is 5.10 Å². The Balaban J connectivity index is 1.98. The summed E-state index contributed by atoms with van der Waals surface area (Å²) in [6.07, 6.45) is 12.0. The average Bonchev–Trinajstić information content (AvgIpc) is 2.87. The van der Waals surface area contributed by atoms with Crippen LogP contribution in [0.1, 0.15) is 76.2 Å². The predicted molar refractivity (Wildman–Crippen MR) is 86.4 cm³/mol. The Morgan fingerprint density at radius 2 is 1.81 bits per heavy atom. The largest absolute Gasteiger partial charge is 0.460 e. The van der Waals surface area contributed by atoms with Gasteiger partial charge in [0.2, 0.25) is 5.91 Å². The molecule has 0 aliphatic carbocycles. The molecule has 1 aromatic heterocycles. The SMILES string of the molecule is CCCCCCCCCCC(=O)NN=Cc1ccc(C)o1. The van der Waals surface area contributed by atoms with Gasteiger partial charge in [-0.05, 0) is 25.5 Å². The summed E-state index contributed by atoms with van der Waals surface area (Å²) in [6.45, 7) is 4.10. The van der Waals surface area contributed by atoms with Crippen LogP contribution < -0.4 is 5.43 Å². The van der Waals surface area contributed by atoms with Crippen molar-refractivity contribution < 1.29 is 9.21 Å². The van der Waals surface area contributed by atoms with Gasteiger partial charge in [-0.2, -0.15) is 5.10 Å². The maximum absolute atomic E-state index is 11.6. The first-order valence-corrected chi connectivity index (χ1v) is 8.10. The number of hydrazone groups is 1. The van der Waals surface area contributed by atoms with Gasteiger partial charge in [-0.3, -0.25) is 4.79 Å². The molecule has 118 valence electrons. The Morgan fingerprint density at radius 1 is 1.14 bits per heavy atom. The molecule has 0 unspecified atom stereocenters. The van der Waals surface area contributed by atoms with E-state index in [2.05, 4.69) is 17.5 Å². The van der Waals surface area contributed by atoms with E-state index in [1.54, 1.807) is 0 Å². The molecule has 0 radical (unpaired) electrons. The van der Waals surface area contributed by atoms with Gasteiger partial charge in [0.05, 0.1) is 6.21 Å². The number of hydrogen-bond donors (Lipinski definition) is 1. The number of carbonyl (C=O) groups excluding carboxylic acids is 1. The maximum Gasteiger partial charge on any atom is 0.240 e. The van der Waals surface area contributed by atoms with E-state index >= 15 is 0 Å². The van der Waals surface area contributed by atoms with Crippen LogP contribution in [0.5, 0.6) is 0 Å². The van der Waals surface area contributed by atoms with Crippen molar-refractivity contribution in [3.05, 3.63) is 23.7 Å². The summed E-state index contributed by atoms with van der Waals surface area (Å²) >= 11 is 0. The Morgan fingerprint density at radius 3 is 2.43 bits per heavy atom. The monoisotopic (exact) mass is 292 g/mol. The molecule has 0 fully saturated rings. The lowest BCUT2D eigenvalue weighted by Gasteiger charge is -2.01. The topological polar surface area (TPSA) is 54.6 Å². The molecule has 0 atom stereocenters. The molecule has 0 bridgehead atoms. The minimum absolute atomic E-state index is 0.0273. The number of nitrogens with zero attached hydrogens (tertiary/aromatic N) is 1. The van der Waals surface area contributed by atoms with Crippen LogP contribution in [0.3, 0.4) is 0 Å². The summed E-state index contributed by atoms with van der Waals surface area (Å²) < 4.78 is 5.32. The molecule has 21 heavy (non-hydrogen) atoms. The highest BCUT2D eigenvalue weighted by Crippen LogP contribution is 2.09. The van der Waals surface area contributed by atoms with Crippen LogP contribution in [0, 0.1) is 6.92 Å². The highest BCUT2D eigenvalue weighted by Gasteiger charge is 2.00. The molecular weight excluding hydrogens is 264 g/mol. The zero-order chi connectivity index (χ0) is 15.3. The van der Waals surface area contributed by atoms with Gasteiger partial charge < -0.3 is 4.42 Å². The van der Waals surface area contributed by atoms with E-state index in [0.717, 1.165) is 18.6 Å². The van der Waals surface area contributed by atoms with Gasteiger partial charge in [0, 0.05) is 6.42 Å². The summed E-state index contributed by atoms with van der Waals surface area (Å²) in [5.41, 5.74) is 2.53. The van der Waals surface area contributed by atoms with E-state index in [4.69, 9.17) is 4.42 Å². The lowest BCUT2D eigenvalue weighted by molar-refractivity contribution is -0.121. The quantitative estimate of drug-likeness (QED) is 0.369. The van der Waals surface area contributed by atoms with Crippen LogP contribution in [0.2, 0.25) is 0 Å². The number of unbranched alkanes of at least 4 members (excludes halogenated alkanes) is 7. The second kappa shape index (κ2) is 11.1. The number of rotatable bonds is 11. The van der Waals surface area contributed by atoms with Crippen LogP contribution >= 0.6 is 0 Å².